The smallest absolute Gasteiger partial charge is 0.0593 e. The number of anilines is 1. The molecule has 1 heterocycles. The number of nitrogens with one attached hydrogen (secondary N) is 1. The van der Waals surface area contributed by atoms with E-state index >= 15 is 0 Å². The lowest BCUT2D eigenvalue weighted by molar-refractivity contribution is 0.537. The number of halogens is 1. The van der Waals surface area contributed by atoms with Crippen molar-refractivity contribution in [3.63, 3.8) is 0 Å². The molecule has 1 aliphatic rings. The molecule has 0 aromatic heterocycles. The summed E-state index contributed by atoms with van der Waals surface area (Å²) in [7, 11) is 0. The van der Waals surface area contributed by atoms with Crippen molar-refractivity contribution < 1.29 is 0 Å². The summed E-state index contributed by atoms with van der Waals surface area (Å²) in [6.45, 7) is 0.683. The quantitative estimate of drug-likeness (QED) is 0.856. The third-order valence-electron chi connectivity index (χ3n) is 2.75. The molecule has 1 unspecified atom stereocenters. The molecule has 1 fully saturated rings. The molecule has 0 radical (unpaired) electrons. The summed E-state index contributed by atoms with van der Waals surface area (Å²) in [5.74, 6) is 2.28. The lowest BCUT2D eigenvalue weighted by Crippen LogP contribution is -2.45. The largest absolute Gasteiger partial charge is 0.377 e. The van der Waals surface area contributed by atoms with Gasteiger partial charge in [0, 0.05) is 23.0 Å². The Morgan fingerprint density at radius 1 is 1.40 bits per heavy atom. The topological polar surface area (TPSA) is 38.0 Å². The molecule has 0 amide bonds. The maximum absolute atomic E-state index is 5.84. The first-order chi connectivity index (χ1) is 7.24. The summed E-state index contributed by atoms with van der Waals surface area (Å²) in [4.78, 5) is 0. The normalized spacial score (nSPS) is 25.5. The van der Waals surface area contributed by atoms with Crippen molar-refractivity contribution >= 4 is 29.1 Å². The summed E-state index contributed by atoms with van der Waals surface area (Å²) in [6, 6.07) is 7.80. The fourth-order valence-corrected chi connectivity index (χ4v) is 3.29. The summed E-state index contributed by atoms with van der Waals surface area (Å²) in [5.41, 5.74) is 7.03. The van der Waals surface area contributed by atoms with Gasteiger partial charge in [0.2, 0.25) is 0 Å². The minimum Gasteiger partial charge on any atom is -0.377 e. The summed E-state index contributed by atoms with van der Waals surface area (Å²) >= 11 is 7.80. The second kappa shape index (κ2) is 4.64. The molecular weight excluding hydrogens is 228 g/mol. The first kappa shape index (κ1) is 11.1. The van der Waals surface area contributed by atoms with E-state index in [2.05, 4.69) is 5.32 Å². The van der Waals surface area contributed by atoms with Crippen molar-refractivity contribution in [2.24, 2.45) is 5.73 Å². The van der Waals surface area contributed by atoms with Crippen LogP contribution >= 0.6 is 23.4 Å². The van der Waals surface area contributed by atoms with Crippen LogP contribution in [0.5, 0.6) is 0 Å². The molecule has 1 aromatic carbocycles. The molecule has 82 valence electrons. The van der Waals surface area contributed by atoms with Crippen LogP contribution in [0.4, 0.5) is 5.69 Å². The third kappa shape index (κ3) is 2.60. The van der Waals surface area contributed by atoms with E-state index in [1.165, 1.54) is 5.75 Å². The minimum atomic E-state index is 0.0818. The molecule has 0 saturated carbocycles. The second-order valence-electron chi connectivity index (χ2n) is 3.92. The highest BCUT2D eigenvalue weighted by molar-refractivity contribution is 7.99. The predicted molar refractivity (Wildman–Crippen MR) is 68.8 cm³/mol. The van der Waals surface area contributed by atoms with Crippen LogP contribution in [0, 0.1) is 0 Å². The van der Waals surface area contributed by atoms with Crippen LogP contribution < -0.4 is 11.1 Å². The van der Waals surface area contributed by atoms with Gasteiger partial charge in [0.1, 0.15) is 0 Å². The van der Waals surface area contributed by atoms with Gasteiger partial charge in [-0.3, -0.25) is 0 Å². The number of rotatable bonds is 3. The van der Waals surface area contributed by atoms with Gasteiger partial charge in [-0.15, -0.1) is 0 Å². The predicted octanol–water partition coefficient (Wildman–Crippen LogP) is 2.59. The van der Waals surface area contributed by atoms with Gasteiger partial charge in [-0.25, -0.2) is 0 Å². The Morgan fingerprint density at radius 3 is 2.67 bits per heavy atom. The van der Waals surface area contributed by atoms with Gasteiger partial charge in [0.25, 0.3) is 0 Å². The van der Waals surface area contributed by atoms with E-state index in [0.29, 0.717) is 6.54 Å². The van der Waals surface area contributed by atoms with E-state index < -0.39 is 0 Å². The molecule has 2 rings (SSSR count). The molecule has 1 aliphatic heterocycles. The molecule has 15 heavy (non-hydrogen) atoms. The average molecular weight is 243 g/mol. The van der Waals surface area contributed by atoms with Crippen LogP contribution in [0.15, 0.2) is 24.3 Å². The Hall–Kier alpha value is -0.380. The molecule has 0 spiro atoms. The average Bonchev–Trinajstić information content (AvgIpc) is 2.71. The fourth-order valence-electron chi connectivity index (χ4n) is 1.76. The van der Waals surface area contributed by atoms with Crippen LogP contribution in [-0.4, -0.2) is 23.6 Å². The van der Waals surface area contributed by atoms with Crippen molar-refractivity contribution in [1.82, 2.24) is 0 Å². The highest BCUT2D eigenvalue weighted by Crippen LogP contribution is 2.30. The number of benzene rings is 1. The lowest BCUT2D eigenvalue weighted by atomic mass is 9.99. The zero-order valence-corrected chi connectivity index (χ0v) is 10.1. The van der Waals surface area contributed by atoms with Gasteiger partial charge in [-0.1, -0.05) is 11.6 Å². The molecule has 1 atom stereocenters. The molecule has 3 N–H and O–H groups in total. The Labute approximate surface area is 99.6 Å². The van der Waals surface area contributed by atoms with Crippen LogP contribution in [0.3, 0.4) is 0 Å². The molecule has 0 aliphatic carbocycles. The number of nitrogens with two attached hydrogens (primary N) is 1. The molecule has 1 saturated heterocycles. The van der Waals surface area contributed by atoms with E-state index in [1.54, 1.807) is 0 Å². The van der Waals surface area contributed by atoms with Crippen LogP contribution in [0.1, 0.15) is 6.42 Å². The van der Waals surface area contributed by atoms with Crippen LogP contribution in [0.25, 0.3) is 0 Å². The monoisotopic (exact) mass is 242 g/mol. The Kier molecular flexibility index (Phi) is 3.44. The van der Waals surface area contributed by atoms with Crippen LogP contribution in [0.2, 0.25) is 5.02 Å². The molecule has 4 heteroatoms. The number of thioether (sulfide) groups is 1. The number of hydrogen-bond acceptors (Lipinski definition) is 3. The zero-order chi connectivity index (χ0) is 10.7. The van der Waals surface area contributed by atoms with E-state index in [1.807, 2.05) is 36.0 Å². The van der Waals surface area contributed by atoms with E-state index in [9.17, 15) is 0 Å². The standard InChI is InChI=1S/C11H15ClN2S/c12-9-1-3-10(4-2-9)14-11(7-13)5-6-15-8-11/h1-4,14H,5-8,13H2. The number of hydrogen-bond donors (Lipinski definition) is 2. The lowest BCUT2D eigenvalue weighted by Gasteiger charge is -2.29. The zero-order valence-electron chi connectivity index (χ0n) is 8.50. The molecule has 0 bridgehead atoms. The highest BCUT2D eigenvalue weighted by atomic mass is 35.5. The van der Waals surface area contributed by atoms with Crippen LogP contribution in [-0.2, 0) is 0 Å². The van der Waals surface area contributed by atoms with Crippen molar-refractivity contribution in [2.75, 3.05) is 23.4 Å². The first-order valence-corrected chi connectivity index (χ1v) is 6.59. The van der Waals surface area contributed by atoms with Gasteiger partial charge < -0.3 is 11.1 Å². The SMILES string of the molecule is NCC1(Nc2ccc(Cl)cc2)CCSC1. The van der Waals surface area contributed by atoms with Gasteiger partial charge in [-0.05, 0) is 36.4 Å². The Balaban J connectivity index is 2.09. The van der Waals surface area contributed by atoms with E-state index in [4.69, 9.17) is 17.3 Å². The summed E-state index contributed by atoms with van der Waals surface area (Å²) in [5, 5.41) is 4.29. The van der Waals surface area contributed by atoms with Crippen molar-refractivity contribution in [1.29, 1.82) is 0 Å². The van der Waals surface area contributed by atoms with Gasteiger partial charge in [-0.2, -0.15) is 11.8 Å². The molecular formula is C11H15ClN2S. The highest BCUT2D eigenvalue weighted by Gasteiger charge is 2.32. The molecule has 2 nitrogen and oxygen atoms in total. The van der Waals surface area contributed by atoms with Crippen molar-refractivity contribution in [3.05, 3.63) is 29.3 Å². The van der Waals surface area contributed by atoms with E-state index in [-0.39, 0.29) is 5.54 Å². The van der Waals surface area contributed by atoms with Crippen molar-refractivity contribution in [3.8, 4) is 0 Å². The second-order valence-corrected chi connectivity index (χ2v) is 5.46. The first-order valence-electron chi connectivity index (χ1n) is 5.06. The van der Waals surface area contributed by atoms with Crippen molar-refractivity contribution in [2.45, 2.75) is 12.0 Å². The van der Waals surface area contributed by atoms with Gasteiger partial charge in [0.15, 0.2) is 0 Å². The third-order valence-corrected chi connectivity index (χ3v) is 4.25. The molecule has 1 aromatic rings. The summed E-state index contributed by atoms with van der Waals surface area (Å²) in [6.07, 6.45) is 1.14. The fraction of sp³-hybridized carbons (Fsp3) is 0.455. The maximum atomic E-state index is 5.84. The van der Waals surface area contributed by atoms with E-state index in [0.717, 1.165) is 22.9 Å². The summed E-state index contributed by atoms with van der Waals surface area (Å²) < 4.78 is 0. The Bertz CT molecular complexity index is 320. The van der Waals surface area contributed by atoms with Gasteiger partial charge >= 0.3 is 0 Å². The Morgan fingerprint density at radius 2 is 2.13 bits per heavy atom. The maximum Gasteiger partial charge on any atom is 0.0593 e. The van der Waals surface area contributed by atoms with Gasteiger partial charge in [0.05, 0.1) is 5.54 Å². The minimum absolute atomic E-state index is 0.0818.